The lowest BCUT2D eigenvalue weighted by atomic mass is 9.95. The number of rotatable bonds is 5. The number of nitrogens with one attached hydrogen (secondary N) is 2. The van der Waals surface area contributed by atoms with Crippen LogP contribution in [0.2, 0.25) is 0 Å². The van der Waals surface area contributed by atoms with E-state index in [1.807, 2.05) is 24.5 Å². The summed E-state index contributed by atoms with van der Waals surface area (Å²) in [4.78, 5) is 8.93. The minimum atomic E-state index is -0.201. The van der Waals surface area contributed by atoms with E-state index in [1.165, 1.54) is 22.8 Å². The van der Waals surface area contributed by atoms with Crippen molar-refractivity contribution in [3.05, 3.63) is 82.9 Å². The Balaban J connectivity index is 1.40. The van der Waals surface area contributed by atoms with Gasteiger partial charge in [0, 0.05) is 37.0 Å². The van der Waals surface area contributed by atoms with E-state index in [9.17, 15) is 4.39 Å². The zero-order chi connectivity index (χ0) is 17.9. The molecule has 132 valence electrons. The first-order valence-corrected chi connectivity index (χ1v) is 8.81. The first kappa shape index (κ1) is 16.5. The summed E-state index contributed by atoms with van der Waals surface area (Å²) in [6, 6.07) is 13.0. The zero-order valence-corrected chi connectivity index (χ0v) is 14.7. The lowest BCUT2D eigenvalue weighted by Gasteiger charge is -2.11. The van der Waals surface area contributed by atoms with Crippen molar-refractivity contribution in [2.24, 2.45) is 0 Å². The van der Waals surface area contributed by atoms with Gasteiger partial charge in [0.2, 0.25) is 0 Å². The summed E-state index contributed by atoms with van der Waals surface area (Å²) in [7, 11) is 0. The molecule has 2 aromatic heterocycles. The van der Waals surface area contributed by atoms with Crippen LogP contribution in [0, 0.1) is 12.7 Å². The second kappa shape index (κ2) is 7.12. The fraction of sp³-hybridized carbons (Fsp3) is 0.238. The van der Waals surface area contributed by atoms with E-state index >= 15 is 0 Å². The molecule has 4 rings (SSSR count). The van der Waals surface area contributed by atoms with Crippen molar-refractivity contribution in [2.45, 2.75) is 25.8 Å². The van der Waals surface area contributed by atoms with Gasteiger partial charge in [0.05, 0.1) is 0 Å². The molecule has 0 saturated heterocycles. The van der Waals surface area contributed by atoms with Crippen LogP contribution in [0.4, 0.5) is 16.0 Å². The fourth-order valence-electron chi connectivity index (χ4n) is 3.32. The van der Waals surface area contributed by atoms with Crippen LogP contribution in [0.1, 0.15) is 28.2 Å². The molecule has 0 bridgehead atoms. The summed E-state index contributed by atoms with van der Waals surface area (Å²) in [6.07, 6.45) is 4.71. The number of aromatic nitrogens is 2. The number of pyridine rings is 2. The molecule has 2 N–H and O–H groups in total. The highest BCUT2D eigenvalue weighted by atomic mass is 19.1. The van der Waals surface area contributed by atoms with Gasteiger partial charge in [0.15, 0.2) is 0 Å². The lowest BCUT2D eigenvalue weighted by molar-refractivity contribution is 0.613. The molecule has 1 atom stereocenters. The van der Waals surface area contributed by atoms with Crippen molar-refractivity contribution in [3.8, 4) is 0 Å². The van der Waals surface area contributed by atoms with Gasteiger partial charge in [0.1, 0.15) is 17.5 Å². The van der Waals surface area contributed by atoms with E-state index in [2.05, 4.69) is 39.7 Å². The van der Waals surface area contributed by atoms with Gasteiger partial charge < -0.3 is 10.6 Å². The van der Waals surface area contributed by atoms with E-state index in [0.29, 0.717) is 18.0 Å². The van der Waals surface area contributed by atoms with Crippen LogP contribution in [0.15, 0.2) is 54.9 Å². The monoisotopic (exact) mass is 348 g/mol. The molecule has 3 aromatic rings. The van der Waals surface area contributed by atoms with Crippen molar-refractivity contribution in [1.82, 2.24) is 9.97 Å². The highest BCUT2D eigenvalue weighted by Gasteiger charge is 2.23. The maximum atomic E-state index is 13.7. The van der Waals surface area contributed by atoms with Gasteiger partial charge in [-0.15, -0.1) is 0 Å². The predicted molar refractivity (Wildman–Crippen MR) is 102 cm³/mol. The average Bonchev–Trinajstić information content (AvgIpc) is 3.04. The summed E-state index contributed by atoms with van der Waals surface area (Å²) in [5.74, 6) is 1.96. The standard InChI is InChI=1S/C21H21FN4/c1-14-8-18-17(13-26-21(18)25-10-14)9-15-6-7-20(23-11-15)24-12-16-4-2-3-5-19(16)22/h2-8,10-11,17H,9,12-13H2,1H3,(H,23,24)(H,25,26). The zero-order valence-electron chi connectivity index (χ0n) is 14.7. The Morgan fingerprint density at radius 3 is 2.85 bits per heavy atom. The molecule has 0 aliphatic carbocycles. The van der Waals surface area contributed by atoms with Gasteiger partial charge in [-0.25, -0.2) is 14.4 Å². The molecule has 1 aromatic carbocycles. The number of hydrogen-bond acceptors (Lipinski definition) is 4. The van der Waals surface area contributed by atoms with Gasteiger partial charge in [-0.05, 0) is 42.2 Å². The number of halogens is 1. The molecule has 0 spiro atoms. The first-order valence-electron chi connectivity index (χ1n) is 8.81. The maximum Gasteiger partial charge on any atom is 0.129 e. The molecule has 4 nitrogen and oxygen atoms in total. The van der Waals surface area contributed by atoms with Crippen LogP contribution in [0.3, 0.4) is 0 Å². The van der Waals surface area contributed by atoms with Crippen molar-refractivity contribution in [2.75, 3.05) is 17.2 Å². The molecule has 0 fully saturated rings. The minimum absolute atomic E-state index is 0.201. The minimum Gasteiger partial charge on any atom is -0.369 e. The van der Waals surface area contributed by atoms with E-state index in [0.717, 1.165) is 24.6 Å². The third-order valence-electron chi connectivity index (χ3n) is 4.73. The maximum absolute atomic E-state index is 13.7. The van der Waals surface area contributed by atoms with E-state index < -0.39 is 0 Å². The molecule has 1 aliphatic rings. The molecule has 3 heterocycles. The largest absolute Gasteiger partial charge is 0.369 e. The average molecular weight is 348 g/mol. The SMILES string of the molecule is Cc1cnc2c(c1)C(Cc1ccc(NCc3ccccc3F)nc1)CN2. The first-order chi connectivity index (χ1) is 12.7. The molecule has 0 amide bonds. The van der Waals surface area contributed by atoms with Crippen molar-refractivity contribution in [3.63, 3.8) is 0 Å². The second-order valence-corrected chi connectivity index (χ2v) is 6.73. The van der Waals surface area contributed by atoms with Crippen molar-refractivity contribution >= 4 is 11.6 Å². The quantitative estimate of drug-likeness (QED) is 0.722. The van der Waals surface area contributed by atoms with E-state index in [1.54, 1.807) is 12.1 Å². The molecule has 0 saturated carbocycles. The topological polar surface area (TPSA) is 49.8 Å². The Bertz CT molecular complexity index is 908. The number of nitrogens with zero attached hydrogens (tertiary/aromatic N) is 2. The van der Waals surface area contributed by atoms with Crippen LogP contribution >= 0.6 is 0 Å². The smallest absolute Gasteiger partial charge is 0.129 e. The number of hydrogen-bond donors (Lipinski definition) is 2. The van der Waals surface area contributed by atoms with E-state index in [-0.39, 0.29) is 5.82 Å². The van der Waals surface area contributed by atoms with Crippen LogP contribution in [0.25, 0.3) is 0 Å². The highest BCUT2D eigenvalue weighted by Crippen LogP contribution is 2.32. The summed E-state index contributed by atoms with van der Waals surface area (Å²) < 4.78 is 13.7. The van der Waals surface area contributed by atoms with Gasteiger partial charge in [-0.3, -0.25) is 0 Å². The normalized spacial score (nSPS) is 15.4. The van der Waals surface area contributed by atoms with Gasteiger partial charge in [-0.1, -0.05) is 30.3 Å². The Morgan fingerprint density at radius 2 is 2.04 bits per heavy atom. The third-order valence-corrected chi connectivity index (χ3v) is 4.73. The molecular formula is C21H21FN4. The second-order valence-electron chi connectivity index (χ2n) is 6.73. The van der Waals surface area contributed by atoms with Crippen molar-refractivity contribution < 1.29 is 4.39 Å². The molecule has 1 unspecified atom stereocenters. The molecule has 0 radical (unpaired) electrons. The molecular weight excluding hydrogens is 327 g/mol. The third kappa shape index (κ3) is 3.52. The Hall–Kier alpha value is -2.95. The molecule has 5 heteroatoms. The fourth-order valence-corrected chi connectivity index (χ4v) is 3.32. The van der Waals surface area contributed by atoms with Crippen molar-refractivity contribution in [1.29, 1.82) is 0 Å². The van der Waals surface area contributed by atoms with Gasteiger partial charge in [0.25, 0.3) is 0 Å². The lowest BCUT2D eigenvalue weighted by Crippen LogP contribution is -2.07. The highest BCUT2D eigenvalue weighted by molar-refractivity contribution is 5.53. The predicted octanol–water partition coefficient (Wildman–Crippen LogP) is 4.29. The van der Waals surface area contributed by atoms with Crippen LogP contribution < -0.4 is 10.6 Å². The summed E-state index contributed by atoms with van der Waals surface area (Å²) >= 11 is 0. The van der Waals surface area contributed by atoms with Crippen LogP contribution in [-0.4, -0.2) is 16.5 Å². The van der Waals surface area contributed by atoms with E-state index in [4.69, 9.17) is 0 Å². The Labute approximate surface area is 152 Å². The van der Waals surface area contributed by atoms with Gasteiger partial charge in [-0.2, -0.15) is 0 Å². The molecule has 1 aliphatic heterocycles. The van der Waals surface area contributed by atoms with Crippen LogP contribution in [0.5, 0.6) is 0 Å². The number of anilines is 2. The molecule has 26 heavy (non-hydrogen) atoms. The summed E-state index contributed by atoms with van der Waals surface area (Å²) in [6.45, 7) is 3.39. The number of benzene rings is 1. The Kier molecular flexibility index (Phi) is 4.52. The number of fused-ring (bicyclic) bond motifs is 1. The summed E-state index contributed by atoms with van der Waals surface area (Å²) in [5.41, 5.74) is 4.28. The summed E-state index contributed by atoms with van der Waals surface area (Å²) in [5, 5.41) is 6.55. The van der Waals surface area contributed by atoms with Gasteiger partial charge >= 0.3 is 0 Å². The van der Waals surface area contributed by atoms with Crippen LogP contribution in [-0.2, 0) is 13.0 Å². The Morgan fingerprint density at radius 1 is 1.15 bits per heavy atom. The number of aryl methyl sites for hydroxylation is 1.